The van der Waals surface area contributed by atoms with E-state index in [1.807, 2.05) is 0 Å². The summed E-state index contributed by atoms with van der Waals surface area (Å²) in [6.45, 7) is -1.86. The molecule has 2 aromatic heterocycles. The molecule has 36 heavy (non-hydrogen) atoms. The van der Waals surface area contributed by atoms with Crippen molar-refractivity contribution in [3.63, 3.8) is 0 Å². The maximum Gasteiger partial charge on any atom is 0.422 e. The molecule has 4 rings (SSSR count). The van der Waals surface area contributed by atoms with E-state index in [2.05, 4.69) is 15.0 Å². The second-order valence-corrected chi connectivity index (χ2v) is 8.61. The highest BCUT2D eigenvalue weighted by Gasteiger charge is 2.37. The molecule has 1 atom stereocenters. The number of ether oxygens (including phenoxy) is 1. The van der Waals surface area contributed by atoms with Crippen molar-refractivity contribution in [3.8, 4) is 17.0 Å². The maximum atomic E-state index is 14.2. The van der Waals surface area contributed by atoms with Crippen molar-refractivity contribution in [3.05, 3.63) is 46.5 Å². The lowest BCUT2D eigenvalue weighted by molar-refractivity contribution is -0.154. The van der Waals surface area contributed by atoms with Gasteiger partial charge >= 0.3 is 6.18 Å². The van der Waals surface area contributed by atoms with Crippen molar-refractivity contribution in [2.24, 2.45) is 0 Å². The summed E-state index contributed by atoms with van der Waals surface area (Å²) in [5.41, 5.74) is 0.372. The molecule has 15 heteroatoms. The van der Waals surface area contributed by atoms with Gasteiger partial charge in [0.05, 0.1) is 18.4 Å². The summed E-state index contributed by atoms with van der Waals surface area (Å²) in [6.07, 6.45) is -5.04. The van der Waals surface area contributed by atoms with Crippen LogP contribution in [0, 0.1) is 11.6 Å². The molecule has 2 amide bonds. The van der Waals surface area contributed by atoms with Crippen LogP contribution < -0.4 is 15.0 Å². The predicted molar refractivity (Wildman–Crippen MR) is 117 cm³/mol. The van der Waals surface area contributed by atoms with Crippen LogP contribution in [-0.2, 0) is 11.2 Å². The van der Waals surface area contributed by atoms with Crippen molar-refractivity contribution in [1.82, 2.24) is 9.88 Å². The SMILES string of the molecule is CN1C(=O)c2c(CC(=O)Nc3nc(-c4cc(F)c(OCC(F)(F)F)c(F)c4)cs3)coc2N(C)C1O. The zero-order chi connectivity index (χ0) is 26.4. The molecule has 0 radical (unpaired) electrons. The number of amides is 2. The second kappa shape index (κ2) is 9.39. The quantitative estimate of drug-likeness (QED) is 0.467. The molecular weight excluding hydrogens is 515 g/mol. The van der Waals surface area contributed by atoms with Gasteiger partial charge in [-0.15, -0.1) is 11.3 Å². The average molecular weight is 532 g/mol. The monoisotopic (exact) mass is 532 g/mol. The van der Waals surface area contributed by atoms with Crippen molar-refractivity contribution < 1.29 is 45.8 Å². The van der Waals surface area contributed by atoms with Crippen LogP contribution in [0.25, 0.3) is 11.3 Å². The van der Waals surface area contributed by atoms with Crippen LogP contribution in [0.3, 0.4) is 0 Å². The highest BCUT2D eigenvalue weighted by Crippen LogP contribution is 2.34. The Morgan fingerprint density at radius 2 is 1.92 bits per heavy atom. The lowest BCUT2D eigenvalue weighted by Crippen LogP contribution is -2.51. The van der Waals surface area contributed by atoms with Gasteiger partial charge in [-0.1, -0.05) is 0 Å². The molecule has 1 unspecified atom stereocenters. The number of hydrogen-bond acceptors (Lipinski definition) is 8. The number of benzene rings is 1. The molecule has 0 fully saturated rings. The van der Waals surface area contributed by atoms with E-state index in [1.54, 1.807) is 0 Å². The largest absolute Gasteiger partial charge is 0.478 e. The fraction of sp³-hybridized carbons (Fsp3) is 0.286. The lowest BCUT2D eigenvalue weighted by Gasteiger charge is -2.35. The number of nitrogens with zero attached hydrogens (tertiary/aromatic N) is 3. The third kappa shape index (κ3) is 4.97. The second-order valence-electron chi connectivity index (χ2n) is 7.75. The fourth-order valence-corrected chi connectivity index (χ4v) is 4.18. The number of halogens is 5. The summed E-state index contributed by atoms with van der Waals surface area (Å²) in [7, 11) is 2.90. The summed E-state index contributed by atoms with van der Waals surface area (Å²) >= 11 is 0.937. The number of furan rings is 1. The van der Waals surface area contributed by atoms with Gasteiger partial charge in [0, 0.05) is 30.6 Å². The van der Waals surface area contributed by atoms with E-state index in [1.165, 1.54) is 30.6 Å². The normalized spacial score (nSPS) is 15.8. The Morgan fingerprint density at radius 3 is 2.56 bits per heavy atom. The molecule has 0 aliphatic carbocycles. The van der Waals surface area contributed by atoms with Crippen LogP contribution >= 0.6 is 11.3 Å². The highest BCUT2D eigenvalue weighted by atomic mass is 32.1. The number of anilines is 2. The Kier molecular flexibility index (Phi) is 6.62. The Bertz CT molecular complexity index is 1300. The molecule has 1 aromatic carbocycles. The first-order valence-corrected chi connectivity index (χ1v) is 11.0. The highest BCUT2D eigenvalue weighted by molar-refractivity contribution is 7.14. The third-order valence-electron chi connectivity index (χ3n) is 5.17. The smallest absolute Gasteiger partial charge is 0.422 e. The zero-order valence-electron chi connectivity index (χ0n) is 18.5. The van der Waals surface area contributed by atoms with Crippen LogP contribution in [0.15, 0.2) is 28.2 Å². The number of fused-ring (bicyclic) bond motifs is 1. The van der Waals surface area contributed by atoms with Gasteiger partial charge in [0.2, 0.25) is 18.1 Å². The molecule has 3 aromatic rings. The van der Waals surface area contributed by atoms with Crippen LogP contribution in [0.5, 0.6) is 5.75 Å². The van der Waals surface area contributed by atoms with E-state index in [4.69, 9.17) is 4.42 Å². The Morgan fingerprint density at radius 1 is 1.25 bits per heavy atom. The van der Waals surface area contributed by atoms with E-state index >= 15 is 0 Å². The fourth-order valence-electron chi connectivity index (χ4n) is 3.45. The van der Waals surface area contributed by atoms with Crippen molar-refractivity contribution in [1.29, 1.82) is 0 Å². The number of carbonyl (C=O) groups is 2. The molecule has 1 aliphatic heterocycles. The number of aliphatic hydroxyl groups excluding tert-OH is 1. The minimum Gasteiger partial charge on any atom is -0.478 e. The van der Waals surface area contributed by atoms with Gasteiger partial charge in [-0.2, -0.15) is 13.2 Å². The number of carbonyl (C=O) groups excluding carboxylic acids is 2. The lowest BCUT2D eigenvalue weighted by atomic mass is 10.1. The predicted octanol–water partition coefficient (Wildman–Crippen LogP) is 3.60. The van der Waals surface area contributed by atoms with Crippen LogP contribution in [0.1, 0.15) is 15.9 Å². The van der Waals surface area contributed by atoms with Gasteiger partial charge in [0.25, 0.3) is 5.91 Å². The number of aliphatic hydroxyl groups is 1. The summed E-state index contributed by atoms with van der Waals surface area (Å²) in [5.74, 6) is -4.85. The topological polar surface area (TPSA) is 108 Å². The first-order chi connectivity index (χ1) is 16.9. The van der Waals surface area contributed by atoms with Gasteiger partial charge in [-0.25, -0.2) is 13.8 Å². The molecule has 9 nitrogen and oxygen atoms in total. The molecule has 1 aliphatic rings. The minimum absolute atomic E-state index is 0.0589. The molecule has 3 heterocycles. The molecule has 192 valence electrons. The number of alkyl halides is 3. The van der Waals surface area contributed by atoms with Crippen molar-refractivity contribution in [2.75, 3.05) is 30.9 Å². The molecule has 0 saturated heterocycles. The molecule has 0 bridgehead atoms. The summed E-state index contributed by atoms with van der Waals surface area (Å²) in [6, 6.07) is 1.53. The molecular formula is C21H17F5N4O5S. The third-order valence-corrected chi connectivity index (χ3v) is 5.93. The zero-order valence-corrected chi connectivity index (χ0v) is 19.3. The van der Waals surface area contributed by atoms with Gasteiger partial charge < -0.3 is 24.5 Å². The summed E-state index contributed by atoms with van der Waals surface area (Å²) in [5, 5.41) is 14.0. The number of hydrogen-bond donors (Lipinski definition) is 2. The number of thiazole rings is 1. The van der Waals surface area contributed by atoms with E-state index in [0.717, 1.165) is 28.4 Å². The van der Waals surface area contributed by atoms with Gasteiger partial charge in [0.1, 0.15) is 5.56 Å². The van der Waals surface area contributed by atoms with Crippen LogP contribution in [0.4, 0.5) is 33.0 Å². The molecule has 0 spiro atoms. The Balaban J connectivity index is 1.46. The summed E-state index contributed by atoms with van der Waals surface area (Å²) in [4.78, 5) is 31.6. The number of rotatable bonds is 6. The van der Waals surface area contributed by atoms with E-state index in [0.29, 0.717) is 0 Å². The van der Waals surface area contributed by atoms with E-state index < -0.39 is 48.3 Å². The maximum absolute atomic E-state index is 14.2. The van der Waals surface area contributed by atoms with Gasteiger partial charge in [-0.05, 0) is 12.1 Å². The first-order valence-electron chi connectivity index (χ1n) is 10.1. The summed E-state index contributed by atoms with van der Waals surface area (Å²) < 4.78 is 74.7. The first kappa shape index (κ1) is 25.4. The van der Waals surface area contributed by atoms with Gasteiger partial charge in [0.15, 0.2) is 29.1 Å². The van der Waals surface area contributed by atoms with E-state index in [9.17, 15) is 36.6 Å². The Labute approximate surface area is 203 Å². The van der Waals surface area contributed by atoms with E-state index in [-0.39, 0.29) is 39.8 Å². The molecule has 2 N–H and O–H groups in total. The van der Waals surface area contributed by atoms with Crippen molar-refractivity contribution >= 4 is 34.2 Å². The van der Waals surface area contributed by atoms with Crippen molar-refractivity contribution in [2.45, 2.75) is 18.9 Å². The van der Waals surface area contributed by atoms with Crippen LogP contribution in [0.2, 0.25) is 0 Å². The van der Waals surface area contributed by atoms with Crippen LogP contribution in [-0.4, -0.2) is 60.0 Å². The minimum atomic E-state index is -4.77. The molecule has 0 saturated carbocycles. The number of aromatic nitrogens is 1. The van der Waals surface area contributed by atoms with Gasteiger partial charge in [-0.3, -0.25) is 14.5 Å². The Hall–Kier alpha value is -3.72. The number of nitrogens with one attached hydrogen (secondary N) is 1. The standard InChI is InChI=1S/C21H17F5N4O5S/c1-29-17(32)15-10(6-34-18(15)30(2)20(29)33)5-14(31)28-19-27-13(7-36-19)9-3-11(22)16(12(23)4-9)35-8-21(24,25)26/h3-4,6-7,20,33H,5,8H2,1-2H3,(H,27,28,31). The average Bonchev–Trinajstić information content (AvgIpc) is 3.42.